The summed E-state index contributed by atoms with van der Waals surface area (Å²) in [6.45, 7) is 3.61. The Bertz CT molecular complexity index is 277. The van der Waals surface area contributed by atoms with Gasteiger partial charge in [-0.2, -0.15) is 5.26 Å². The van der Waals surface area contributed by atoms with Crippen LogP contribution in [0.1, 0.15) is 0 Å². The van der Waals surface area contributed by atoms with Gasteiger partial charge >= 0.3 is 5.97 Å². The Labute approximate surface area is 90.1 Å². The lowest BCUT2D eigenvalue weighted by atomic mass is 9.96. The van der Waals surface area contributed by atoms with Crippen LogP contribution in [0.5, 0.6) is 0 Å². The van der Waals surface area contributed by atoms with Gasteiger partial charge in [0, 0.05) is 0 Å². The van der Waals surface area contributed by atoms with Crippen molar-refractivity contribution in [2.45, 2.75) is 0 Å². The van der Waals surface area contributed by atoms with Gasteiger partial charge in [-0.1, -0.05) is 30.9 Å². The number of rotatable bonds is 1. The third-order valence-corrected chi connectivity index (χ3v) is 1.47. The molecule has 0 bridgehead atoms. The summed E-state index contributed by atoms with van der Waals surface area (Å²) in [4.78, 5) is 16.3. The van der Waals surface area contributed by atoms with Crippen LogP contribution in [0.2, 0.25) is 0 Å². The summed E-state index contributed by atoms with van der Waals surface area (Å²) in [5.74, 6) is -1.24. The van der Waals surface area contributed by atoms with Crippen LogP contribution in [0, 0.1) is 5.92 Å². The molecule has 0 heterocycles. The maximum Gasteiger partial charge on any atom is 0.353 e. The Balaban J connectivity index is 0.000000423. The van der Waals surface area contributed by atoms with Crippen molar-refractivity contribution >= 4 is 5.97 Å². The fraction of sp³-hybridized carbons (Fsp3) is 0.364. The summed E-state index contributed by atoms with van der Waals surface area (Å²) in [7, 11) is 6.00. The zero-order valence-electron chi connectivity index (χ0n) is 9.30. The first-order chi connectivity index (χ1) is 6.99. The van der Waals surface area contributed by atoms with E-state index in [1.54, 1.807) is 24.3 Å². The van der Waals surface area contributed by atoms with Crippen molar-refractivity contribution in [3.05, 3.63) is 36.5 Å². The van der Waals surface area contributed by atoms with Gasteiger partial charge in [-0.3, -0.25) is 4.89 Å². The molecule has 0 saturated heterocycles. The highest BCUT2D eigenvalue weighted by molar-refractivity contribution is 5.78. The maximum absolute atomic E-state index is 10.8. The van der Waals surface area contributed by atoms with Gasteiger partial charge in [-0.25, -0.2) is 4.79 Å². The van der Waals surface area contributed by atoms with Gasteiger partial charge in [0.15, 0.2) is 0 Å². The molecule has 0 aliphatic heterocycles. The average molecular weight is 211 g/mol. The number of hydrogen-bond acceptors (Lipinski definition) is 4. The van der Waals surface area contributed by atoms with Gasteiger partial charge in [0.25, 0.3) is 0 Å². The highest BCUT2D eigenvalue weighted by atomic mass is 17.1. The Morgan fingerprint density at radius 2 is 2.00 bits per heavy atom. The molecule has 1 aliphatic rings. The van der Waals surface area contributed by atoms with Crippen LogP contribution in [0.25, 0.3) is 0 Å². The number of allylic oxidation sites excluding steroid dienone is 3. The second-order valence-corrected chi connectivity index (χ2v) is 3.55. The molecule has 0 spiro atoms. The molecular weight excluding hydrogens is 194 g/mol. The number of carbonyl (C=O) groups excluding carboxylic acids is 1. The number of carbonyl (C=O) groups is 1. The van der Waals surface area contributed by atoms with E-state index in [1.165, 1.54) is 0 Å². The second-order valence-electron chi connectivity index (χ2n) is 3.55. The van der Waals surface area contributed by atoms with E-state index in [2.05, 4.69) is 11.5 Å². The predicted octanol–water partition coefficient (Wildman–Crippen LogP) is 1.48. The Morgan fingerprint density at radius 3 is 2.40 bits per heavy atom. The lowest BCUT2D eigenvalue weighted by molar-refractivity contribution is -0.236. The molecule has 0 fully saturated rings. The van der Waals surface area contributed by atoms with Gasteiger partial charge in [-0.15, -0.1) is 0 Å². The molecule has 0 radical (unpaired) electrons. The Morgan fingerprint density at radius 1 is 1.47 bits per heavy atom. The Kier molecular flexibility index (Phi) is 6.33. The normalized spacial score (nSPS) is 18.5. The maximum atomic E-state index is 10.8. The minimum absolute atomic E-state index is 0.537. The van der Waals surface area contributed by atoms with Crippen molar-refractivity contribution in [3.63, 3.8) is 0 Å². The molecule has 4 heteroatoms. The lowest BCUT2D eigenvalue weighted by Gasteiger charge is -2.10. The smallest absolute Gasteiger partial charge is 0.312 e. The van der Waals surface area contributed by atoms with Crippen molar-refractivity contribution in [1.29, 1.82) is 0 Å². The molecule has 4 nitrogen and oxygen atoms in total. The Hall–Kier alpha value is -1.39. The molecule has 1 rings (SSSR count). The zero-order valence-corrected chi connectivity index (χ0v) is 9.30. The molecule has 0 aromatic rings. The van der Waals surface area contributed by atoms with E-state index in [-0.39, 0.29) is 0 Å². The summed E-state index contributed by atoms with van der Waals surface area (Å²) in [5.41, 5.74) is 0.617. The average Bonchev–Trinajstić information content (AvgIpc) is 2.16. The molecule has 0 amide bonds. The van der Waals surface area contributed by atoms with Crippen molar-refractivity contribution in [3.8, 4) is 0 Å². The fourth-order valence-electron chi connectivity index (χ4n) is 0.868. The van der Waals surface area contributed by atoms with E-state index in [4.69, 9.17) is 5.26 Å². The monoisotopic (exact) mass is 211 g/mol. The third kappa shape index (κ3) is 5.83. The van der Waals surface area contributed by atoms with E-state index < -0.39 is 11.9 Å². The van der Waals surface area contributed by atoms with Gasteiger partial charge in [0.2, 0.25) is 0 Å². The quantitative estimate of drug-likeness (QED) is 0.527. The number of hydrogen-bond donors (Lipinski definition) is 1. The molecule has 1 unspecified atom stereocenters. The third-order valence-electron chi connectivity index (χ3n) is 1.47. The van der Waals surface area contributed by atoms with Crippen LogP contribution >= 0.6 is 0 Å². The molecule has 1 aliphatic carbocycles. The standard InChI is InChI=1S/C8H8O3.C3H9N/c1-6-4-2-3-5-7(6)8(9)11-10;1-4(2)3/h2-5,7,10H,1H2;1-3H3. The van der Waals surface area contributed by atoms with Gasteiger partial charge < -0.3 is 4.90 Å². The van der Waals surface area contributed by atoms with E-state index in [0.717, 1.165) is 0 Å². The molecule has 15 heavy (non-hydrogen) atoms. The first kappa shape index (κ1) is 13.6. The molecular formula is C11H17NO3. The molecule has 0 aromatic heterocycles. The van der Waals surface area contributed by atoms with Crippen molar-refractivity contribution in [2.24, 2.45) is 5.92 Å². The van der Waals surface area contributed by atoms with E-state index in [0.29, 0.717) is 5.57 Å². The molecule has 1 N–H and O–H groups in total. The van der Waals surface area contributed by atoms with E-state index >= 15 is 0 Å². The molecule has 1 atom stereocenters. The highest BCUT2D eigenvalue weighted by Crippen LogP contribution is 2.17. The van der Waals surface area contributed by atoms with Crippen LogP contribution in [0.4, 0.5) is 0 Å². The van der Waals surface area contributed by atoms with Gasteiger partial charge in [-0.05, 0) is 26.7 Å². The van der Waals surface area contributed by atoms with Crippen molar-refractivity contribution < 1.29 is 14.9 Å². The topological polar surface area (TPSA) is 49.8 Å². The largest absolute Gasteiger partial charge is 0.353 e. The first-order valence-electron chi connectivity index (χ1n) is 4.49. The van der Waals surface area contributed by atoms with Crippen LogP contribution in [0.15, 0.2) is 36.5 Å². The van der Waals surface area contributed by atoms with E-state index in [9.17, 15) is 4.79 Å². The SMILES string of the molecule is C=C1C=CC=CC1C(=O)OO.CN(C)C. The highest BCUT2D eigenvalue weighted by Gasteiger charge is 2.19. The summed E-state index contributed by atoms with van der Waals surface area (Å²) in [6, 6.07) is 0. The number of nitrogens with zero attached hydrogens (tertiary/aromatic N) is 1. The summed E-state index contributed by atoms with van der Waals surface area (Å²) >= 11 is 0. The first-order valence-corrected chi connectivity index (χ1v) is 4.49. The summed E-state index contributed by atoms with van der Waals surface area (Å²) in [6.07, 6.45) is 6.78. The van der Waals surface area contributed by atoms with Crippen molar-refractivity contribution in [1.82, 2.24) is 4.90 Å². The van der Waals surface area contributed by atoms with Crippen LogP contribution in [0.3, 0.4) is 0 Å². The van der Waals surface area contributed by atoms with Crippen LogP contribution in [-0.2, 0) is 9.68 Å². The van der Waals surface area contributed by atoms with E-state index in [1.807, 2.05) is 26.0 Å². The summed E-state index contributed by atoms with van der Waals surface area (Å²) in [5, 5.41) is 8.06. The molecule has 0 aromatic carbocycles. The van der Waals surface area contributed by atoms with Gasteiger partial charge in [0.05, 0.1) is 0 Å². The molecule has 0 saturated carbocycles. The minimum Gasteiger partial charge on any atom is -0.312 e. The lowest BCUT2D eigenvalue weighted by Crippen LogP contribution is -2.16. The minimum atomic E-state index is -0.699. The predicted molar refractivity (Wildman–Crippen MR) is 59.2 cm³/mol. The van der Waals surface area contributed by atoms with Gasteiger partial charge in [0.1, 0.15) is 5.92 Å². The second kappa shape index (κ2) is 6.98. The molecule has 84 valence electrons. The van der Waals surface area contributed by atoms with Crippen LogP contribution in [-0.4, -0.2) is 37.3 Å². The van der Waals surface area contributed by atoms with Crippen LogP contribution < -0.4 is 0 Å². The summed E-state index contributed by atoms with van der Waals surface area (Å²) < 4.78 is 0. The zero-order chi connectivity index (χ0) is 11.8. The fourth-order valence-corrected chi connectivity index (χ4v) is 0.868. The van der Waals surface area contributed by atoms with Crippen molar-refractivity contribution in [2.75, 3.05) is 21.1 Å².